The first-order chi connectivity index (χ1) is 13.5. The van der Waals surface area contributed by atoms with Gasteiger partial charge in [0.15, 0.2) is 0 Å². The van der Waals surface area contributed by atoms with E-state index in [4.69, 9.17) is 4.74 Å². The minimum atomic E-state index is -0.467. The maximum absolute atomic E-state index is 11.0. The van der Waals surface area contributed by atoms with E-state index >= 15 is 0 Å². The second-order valence-corrected chi connectivity index (χ2v) is 7.44. The number of nitrogens with zero attached hydrogens (tertiary/aromatic N) is 4. The lowest BCUT2D eigenvalue weighted by Crippen LogP contribution is -2.47. The highest BCUT2D eigenvalue weighted by atomic mass is 16.6. The number of nitro benzene ring substituents is 1. The van der Waals surface area contributed by atoms with Crippen LogP contribution in [0, 0.1) is 27.4 Å². The number of non-ortho nitro benzene ring substituents is 1. The van der Waals surface area contributed by atoms with Gasteiger partial charge in [0.2, 0.25) is 0 Å². The van der Waals surface area contributed by atoms with Crippen LogP contribution in [0.3, 0.4) is 0 Å². The Kier molecular flexibility index (Phi) is 6.39. The summed E-state index contributed by atoms with van der Waals surface area (Å²) in [6, 6.07) is 8.55. The van der Waals surface area contributed by atoms with Crippen molar-refractivity contribution >= 4 is 22.4 Å². The summed E-state index contributed by atoms with van der Waals surface area (Å²) in [6.07, 6.45) is 1.05. The highest BCUT2D eigenvalue weighted by molar-refractivity contribution is 5.88. The van der Waals surface area contributed by atoms with E-state index in [1.54, 1.807) is 12.1 Å². The summed E-state index contributed by atoms with van der Waals surface area (Å²) in [5.74, 6) is 1.18. The molecule has 1 aliphatic heterocycles. The zero-order chi connectivity index (χ0) is 20.1. The van der Waals surface area contributed by atoms with Crippen LogP contribution >= 0.6 is 0 Å². The van der Waals surface area contributed by atoms with Crippen LogP contribution in [0.1, 0.15) is 25.8 Å². The van der Waals surface area contributed by atoms with Crippen LogP contribution in [0.4, 0.5) is 11.5 Å². The maximum Gasteiger partial charge on any atom is 0.270 e. The molecule has 1 saturated heterocycles. The average molecular weight is 383 g/mol. The Morgan fingerprint density at radius 2 is 2.11 bits per heavy atom. The van der Waals surface area contributed by atoms with Crippen molar-refractivity contribution in [2.45, 2.75) is 26.3 Å². The van der Waals surface area contributed by atoms with Crippen LogP contribution in [0.2, 0.25) is 0 Å². The summed E-state index contributed by atoms with van der Waals surface area (Å²) in [5.41, 5.74) is 0.901. The summed E-state index contributed by atoms with van der Waals surface area (Å²) in [4.78, 5) is 17.5. The lowest BCUT2D eigenvalue weighted by molar-refractivity contribution is -0.384. The molecule has 1 N–H and O–H groups in total. The smallest absolute Gasteiger partial charge is 0.270 e. The van der Waals surface area contributed by atoms with E-state index in [0.29, 0.717) is 40.8 Å². The largest absolute Gasteiger partial charge is 0.379 e. The number of hydrogen-bond acceptors (Lipinski definition) is 7. The highest BCUT2D eigenvalue weighted by Crippen LogP contribution is 2.25. The first kappa shape index (κ1) is 20.0. The number of pyridine rings is 1. The molecule has 0 bridgehead atoms. The Hall–Kier alpha value is -2.76. The minimum Gasteiger partial charge on any atom is -0.379 e. The van der Waals surface area contributed by atoms with Gasteiger partial charge < -0.3 is 10.1 Å². The Labute approximate surface area is 164 Å². The topological polar surface area (TPSA) is 104 Å². The number of aromatic nitrogens is 1. The maximum atomic E-state index is 11.0. The Bertz CT molecular complexity index is 887. The van der Waals surface area contributed by atoms with Crippen molar-refractivity contribution in [3.05, 3.63) is 39.9 Å². The van der Waals surface area contributed by atoms with Crippen LogP contribution < -0.4 is 5.32 Å². The molecule has 1 fully saturated rings. The van der Waals surface area contributed by atoms with Gasteiger partial charge in [-0.3, -0.25) is 15.0 Å². The molecule has 2 heterocycles. The number of ether oxygens (including phenoxy) is 1. The quantitative estimate of drug-likeness (QED) is 0.578. The first-order valence-electron chi connectivity index (χ1n) is 9.53. The third kappa shape index (κ3) is 4.74. The zero-order valence-corrected chi connectivity index (χ0v) is 16.2. The van der Waals surface area contributed by atoms with Crippen molar-refractivity contribution in [1.82, 2.24) is 9.88 Å². The zero-order valence-electron chi connectivity index (χ0n) is 16.2. The average Bonchev–Trinajstić information content (AvgIpc) is 2.70. The number of rotatable bonds is 7. The van der Waals surface area contributed by atoms with Crippen LogP contribution in [0.25, 0.3) is 10.9 Å². The third-order valence-corrected chi connectivity index (χ3v) is 4.95. The Morgan fingerprint density at radius 3 is 2.75 bits per heavy atom. The van der Waals surface area contributed by atoms with Crippen LogP contribution in [0.15, 0.2) is 24.3 Å². The third-order valence-electron chi connectivity index (χ3n) is 4.95. The number of fused-ring (bicyclic) bond motifs is 1. The Balaban J connectivity index is 1.81. The molecule has 1 aromatic carbocycles. The molecule has 0 aliphatic carbocycles. The predicted molar refractivity (Wildman–Crippen MR) is 107 cm³/mol. The van der Waals surface area contributed by atoms with E-state index in [1.165, 1.54) is 12.1 Å². The van der Waals surface area contributed by atoms with Crippen LogP contribution in [0.5, 0.6) is 0 Å². The molecule has 8 heteroatoms. The van der Waals surface area contributed by atoms with Crippen molar-refractivity contribution < 1.29 is 9.66 Å². The molecule has 0 saturated carbocycles. The molecule has 3 rings (SSSR count). The number of anilines is 1. The fourth-order valence-electron chi connectivity index (χ4n) is 3.58. The normalized spacial score (nSPS) is 16.1. The molecule has 2 aromatic rings. The van der Waals surface area contributed by atoms with Crippen molar-refractivity contribution in [2.24, 2.45) is 5.92 Å². The summed E-state index contributed by atoms with van der Waals surface area (Å²) in [5, 5.41) is 24.4. The molecular formula is C20H25N5O3. The van der Waals surface area contributed by atoms with E-state index in [2.05, 4.69) is 35.1 Å². The molecular weight excluding hydrogens is 358 g/mol. The van der Waals surface area contributed by atoms with Gasteiger partial charge in [-0.05, 0) is 24.5 Å². The number of nitriles is 1. The van der Waals surface area contributed by atoms with E-state index < -0.39 is 4.92 Å². The van der Waals surface area contributed by atoms with E-state index in [1.807, 2.05) is 0 Å². The summed E-state index contributed by atoms with van der Waals surface area (Å²) < 4.78 is 5.46. The van der Waals surface area contributed by atoms with Gasteiger partial charge in [-0.1, -0.05) is 13.8 Å². The van der Waals surface area contributed by atoms with Gasteiger partial charge in [0.05, 0.1) is 35.3 Å². The van der Waals surface area contributed by atoms with E-state index in [0.717, 1.165) is 32.7 Å². The first-order valence-corrected chi connectivity index (χ1v) is 9.53. The monoisotopic (exact) mass is 383 g/mol. The molecule has 0 amide bonds. The summed E-state index contributed by atoms with van der Waals surface area (Å²) >= 11 is 0. The Morgan fingerprint density at radius 1 is 1.36 bits per heavy atom. The van der Waals surface area contributed by atoms with Gasteiger partial charge >= 0.3 is 0 Å². The molecule has 0 spiro atoms. The van der Waals surface area contributed by atoms with Gasteiger partial charge in [0, 0.05) is 43.2 Å². The van der Waals surface area contributed by atoms with Crippen LogP contribution in [-0.4, -0.2) is 53.7 Å². The van der Waals surface area contributed by atoms with Gasteiger partial charge in [0.25, 0.3) is 5.69 Å². The SMILES string of the molecule is CC(C)CC(CNc1cc(C#N)c2cc([N+](=O)[O-])ccc2n1)N1CCOCC1. The number of nitrogens with one attached hydrogen (secondary N) is 1. The fraction of sp³-hybridized carbons (Fsp3) is 0.500. The van der Waals surface area contributed by atoms with Crippen molar-refractivity contribution in [1.29, 1.82) is 5.26 Å². The summed E-state index contributed by atoms with van der Waals surface area (Å²) in [7, 11) is 0. The van der Waals surface area contributed by atoms with Gasteiger partial charge in [-0.25, -0.2) is 4.98 Å². The van der Waals surface area contributed by atoms with Crippen molar-refractivity contribution in [3.63, 3.8) is 0 Å². The molecule has 8 nitrogen and oxygen atoms in total. The molecule has 1 aliphatic rings. The minimum absolute atomic E-state index is 0.0455. The second kappa shape index (κ2) is 8.95. The standard InChI is InChI=1S/C20H25N5O3/c1-14(2)9-17(24-5-7-28-8-6-24)13-22-20-10-15(12-21)18-11-16(25(26)27)3-4-19(18)23-20/h3-4,10-11,14,17H,5-9,13H2,1-2H3,(H,22,23). The van der Waals surface area contributed by atoms with Gasteiger partial charge in [-0.2, -0.15) is 5.26 Å². The second-order valence-electron chi connectivity index (χ2n) is 7.44. The molecule has 28 heavy (non-hydrogen) atoms. The van der Waals surface area contributed by atoms with Crippen LogP contribution in [-0.2, 0) is 4.74 Å². The molecule has 1 unspecified atom stereocenters. The number of nitro groups is 1. The van der Waals surface area contributed by atoms with E-state index in [-0.39, 0.29) is 5.69 Å². The molecule has 1 aromatic heterocycles. The number of benzene rings is 1. The fourth-order valence-corrected chi connectivity index (χ4v) is 3.58. The molecule has 0 radical (unpaired) electrons. The lowest BCUT2D eigenvalue weighted by Gasteiger charge is -2.35. The van der Waals surface area contributed by atoms with Crippen molar-refractivity contribution in [2.75, 3.05) is 38.2 Å². The number of hydrogen-bond donors (Lipinski definition) is 1. The molecule has 148 valence electrons. The van der Waals surface area contributed by atoms with Gasteiger partial charge in [-0.15, -0.1) is 0 Å². The number of morpholine rings is 1. The summed E-state index contributed by atoms with van der Waals surface area (Å²) in [6.45, 7) is 8.47. The highest BCUT2D eigenvalue weighted by Gasteiger charge is 2.22. The molecule has 1 atom stereocenters. The lowest BCUT2D eigenvalue weighted by atomic mass is 10.0. The van der Waals surface area contributed by atoms with E-state index in [9.17, 15) is 15.4 Å². The van der Waals surface area contributed by atoms with Gasteiger partial charge in [0.1, 0.15) is 5.82 Å². The van der Waals surface area contributed by atoms with Crippen molar-refractivity contribution in [3.8, 4) is 6.07 Å². The predicted octanol–water partition coefficient (Wildman–Crippen LogP) is 3.17.